The first-order chi connectivity index (χ1) is 13.0. The molecule has 28 heavy (non-hydrogen) atoms. The molecule has 0 radical (unpaired) electrons. The van der Waals surface area contributed by atoms with Gasteiger partial charge in [-0.15, -0.1) is 0 Å². The lowest BCUT2D eigenvalue weighted by Gasteiger charge is -2.47. The highest BCUT2D eigenvalue weighted by atomic mass is 19.4. The van der Waals surface area contributed by atoms with Crippen LogP contribution in [0, 0.1) is 11.3 Å². The van der Waals surface area contributed by atoms with Gasteiger partial charge in [0.05, 0.1) is 6.04 Å². The van der Waals surface area contributed by atoms with E-state index < -0.39 is 30.0 Å². The summed E-state index contributed by atoms with van der Waals surface area (Å²) in [5.41, 5.74) is -0.293. The summed E-state index contributed by atoms with van der Waals surface area (Å²) in [6.45, 7) is 6.64. The van der Waals surface area contributed by atoms with Crippen molar-refractivity contribution < 1.29 is 22.8 Å². The number of piperazine rings is 1. The molecule has 1 aromatic heterocycles. The molecule has 0 bridgehead atoms. The van der Waals surface area contributed by atoms with Gasteiger partial charge in [-0.2, -0.15) is 13.2 Å². The maximum absolute atomic E-state index is 12.8. The van der Waals surface area contributed by atoms with Gasteiger partial charge in [-0.25, -0.2) is 4.79 Å². The SMILES string of the molecule is C[C@@H]1C(=O)NCCN1C(=O)N[C@H](c1ccc(C(F)(F)F)nc1)C1CC(C)(C)C1. The number of halogens is 3. The fraction of sp³-hybridized carbons (Fsp3) is 0.632. The minimum absolute atomic E-state index is 0.103. The molecule has 6 nitrogen and oxygen atoms in total. The van der Waals surface area contributed by atoms with Crippen molar-refractivity contribution in [3.63, 3.8) is 0 Å². The molecular formula is C19H25F3N4O2. The molecule has 2 heterocycles. The Morgan fingerprint density at radius 2 is 2.04 bits per heavy atom. The molecule has 0 spiro atoms. The Bertz CT molecular complexity index is 741. The number of hydrogen-bond acceptors (Lipinski definition) is 3. The fourth-order valence-electron chi connectivity index (χ4n) is 4.10. The normalized spacial score (nSPS) is 23.6. The maximum Gasteiger partial charge on any atom is 0.433 e. The summed E-state index contributed by atoms with van der Waals surface area (Å²) in [5.74, 6) is -0.120. The second-order valence-corrected chi connectivity index (χ2v) is 8.39. The van der Waals surface area contributed by atoms with Crippen molar-refractivity contribution in [1.29, 1.82) is 0 Å². The predicted molar refractivity (Wildman–Crippen MR) is 96.2 cm³/mol. The minimum Gasteiger partial charge on any atom is -0.353 e. The largest absolute Gasteiger partial charge is 0.433 e. The fourth-order valence-corrected chi connectivity index (χ4v) is 4.10. The summed E-state index contributed by atoms with van der Waals surface area (Å²) in [4.78, 5) is 29.6. The number of alkyl halides is 3. The molecule has 0 unspecified atom stereocenters. The van der Waals surface area contributed by atoms with Crippen LogP contribution >= 0.6 is 0 Å². The quantitative estimate of drug-likeness (QED) is 0.822. The average molecular weight is 398 g/mol. The van der Waals surface area contributed by atoms with Crippen LogP contribution in [0.15, 0.2) is 18.3 Å². The second kappa shape index (κ2) is 7.25. The Morgan fingerprint density at radius 3 is 2.57 bits per heavy atom. The van der Waals surface area contributed by atoms with Gasteiger partial charge in [-0.05, 0) is 42.7 Å². The zero-order chi connectivity index (χ0) is 20.7. The van der Waals surface area contributed by atoms with Crippen molar-refractivity contribution in [2.24, 2.45) is 11.3 Å². The van der Waals surface area contributed by atoms with E-state index >= 15 is 0 Å². The molecule has 2 fully saturated rings. The Morgan fingerprint density at radius 1 is 1.36 bits per heavy atom. The van der Waals surface area contributed by atoms with Crippen molar-refractivity contribution in [1.82, 2.24) is 20.5 Å². The Balaban J connectivity index is 1.80. The van der Waals surface area contributed by atoms with Gasteiger partial charge in [0, 0.05) is 19.3 Å². The Hall–Kier alpha value is -2.32. The summed E-state index contributed by atoms with van der Waals surface area (Å²) in [7, 11) is 0. The zero-order valence-electron chi connectivity index (χ0n) is 16.1. The van der Waals surface area contributed by atoms with E-state index in [1.165, 1.54) is 17.2 Å². The van der Waals surface area contributed by atoms with Gasteiger partial charge >= 0.3 is 12.2 Å². The van der Waals surface area contributed by atoms with E-state index in [1.807, 2.05) is 0 Å². The van der Waals surface area contributed by atoms with Crippen LogP contribution in [0.25, 0.3) is 0 Å². The molecule has 0 aromatic carbocycles. The van der Waals surface area contributed by atoms with Crippen LogP contribution in [-0.4, -0.2) is 41.0 Å². The number of amides is 3. The van der Waals surface area contributed by atoms with Crippen molar-refractivity contribution in [2.75, 3.05) is 13.1 Å². The predicted octanol–water partition coefficient (Wildman–Crippen LogP) is 3.11. The highest BCUT2D eigenvalue weighted by Crippen LogP contribution is 2.50. The number of carbonyl (C=O) groups excluding carboxylic acids is 2. The first-order valence-corrected chi connectivity index (χ1v) is 9.36. The molecule has 2 aliphatic rings. The van der Waals surface area contributed by atoms with Crippen LogP contribution < -0.4 is 10.6 Å². The number of nitrogens with one attached hydrogen (secondary N) is 2. The number of carbonyl (C=O) groups is 2. The molecule has 154 valence electrons. The number of nitrogens with zero attached hydrogens (tertiary/aromatic N) is 2. The molecule has 2 N–H and O–H groups in total. The van der Waals surface area contributed by atoms with Crippen molar-refractivity contribution in [3.8, 4) is 0 Å². The standard InChI is InChI=1S/C19H25F3N4O2/c1-11-16(27)23-6-7-26(11)17(28)25-15(13-8-18(2,3)9-13)12-4-5-14(24-10-12)19(20,21)22/h4-5,10-11,13,15H,6-9H2,1-3H3,(H,23,27)(H,25,28)/t11-,15-/m1/s1. The van der Waals surface area contributed by atoms with E-state index in [0.717, 1.165) is 18.9 Å². The second-order valence-electron chi connectivity index (χ2n) is 8.39. The van der Waals surface area contributed by atoms with E-state index in [9.17, 15) is 22.8 Å². The van der Waals surface area contributed by atoms with Crippen LogP contribution in [0.2, 0.25) is 0 Å². The molecule has 1 aromatic rings. The van der Waals surface area contributed by atoms with Gasteiger partial charge in [0.1, 0.15) is 11.7 Å². The van der Waals surface area contributed by atoms with Crippen molar-refractivity contribution in [2.45, 2.75) is 51.9 Å². The molecule has 3 rings (SSSR count). The average Bonchev–Trinajstić information content (AvgIpc) is 2.59. The highest BCUT2D eigenvalue weighted by molar-refractivity contribution is 5.88. The number of pyridine rings is 1. The van der Waals surface area contributed by atoms with E-state index in [-0.39, 0.29) is 17.2 Å². The maximum atomic E-state index is 12.8. The lowest BCUT2D eigenvalue weighted by molar-refractivity contribution is -0.141. The van der Waals surface area contributed by atoms with Crippen LogP contribution in [0.4, 0.5) is 18.0 Å². The summed E-state index contributed by atoms with van der Waals surface area (Å²) in [6.07, 6.45) is -1.64. The van der Waals surface area contributed by atoms with E-state index in [1.54, 1.807) is 6.92 Å². The number of hydrogen-bond donors (Lipinski definition) is 2. The molecular weight excluding hydrogens is 373 g/mol. The molecule has 1 saturated carbocycles. The van der Waals surface area contributed by atoms with Crippen LogP contribution in [0.3, 0.4) is 0 Å². The number of urea groups is 1. The van der Waals surface area contributed by atoms with Gasteiger partial charge in [0.25, 0.3) is 0 Å². The lowest BCUT2D eigenvalue weighted by atomic mass is 9.61. The summed E-state index contributed by atoms with van der Waals surface area (Å²) < 4.78 is 38.4. The third-order valence-electron chi connectivity index (χ3n) is 5.58. The molecule has 2 atom stereocenters. The third-order valence-corrected chi connectivity index (χ3v) is 5.58. The Kier molecular flexibility index (Phi) is 5.29. The smallest absolute Gasteiger partial charge is 0.353 e. The molecule has 3 amide bonds. The summed E-state index contributed by atoms with van der Waals surface area (Å²) in [6, 6.07) is 0.871. The van der Waals surface area contributed by atoms with Gasteiger partial charge in [-0.3, -0.25) is 9.78 Å². The zero-order valence-corrected chi connectivity index (χ0v) is 16.1. The Labute approximate surface area is 161 Å². The number of rotatable bonds is 3. The molecule has 1 aliphatic heterocycles. The first-order valence-electron chi connectivity index (χ1n) is 9.36. The van der Waals surface area contributed by atoms with Gasteiger partial charge in [-0.1, -0.05) is 19.9 Å². The topological polar surface area (TPSA) is 74.3 Å². The van der Waals surface area contributed by atoms with Crippen LogP contribution in [-0.2, 0) is 11.0 Å². The minimum atomic E-state index is -4.51. The lowest BCUT2D eigenvalue weighted by Crippen LogP contribution is -2.59. The monoisotopic (exact) mass is 398 g/mol. The van der Waals surface area contributed by atoms with Crippen molar-refractivity contribution in [3.05, 3.63) is 29.6 Å². The van der Waals surface area contributed by atoms with Gasteiger partial charge in [0.15, 0.2) is 0 Å². The van der Waals surface area contributed by atoms with E-state index in [2.05, 4.69) is 29.5 Å². The van der Waals surface area contributed by atoms with Crippen LogP contribution in [0.1, 0.15) is 50.9 Å². The molecule has 9 heteroatoms. The summed E-state index contributed by atoms with van der Waals surface area (Å²) in [5, 5.41) is 5.64. The van der Waals surface area contributed by atoms with Gasteiger partial charge < -0.3 is 15.5 Å². The first kappa shape index (κ1) is 20.4. The van der Waals surface area contributed by atoms with Gasteiger partial charge in [0.2, 0.25) is 5.91 Å². The molecule has 1 saturated heterocycles. The summed E-state index contributed by atoms with van der Waals surface area (Å²) >= 11 is 0. The van der Waals surface area contributed by atoms with Crippen LogP contribution in [0.5, 0.6) is 0 Å². The number of aromatic nitrogens is 1. The highest BCUT2D eigenvalue weighted by Gasteiger charge is 2.43. The van der Waals surface area contributed by atoms with Crippen molar-refractivity contribution >= 4 is 11.9 Å². The van der Waals surface area contributed by atoms with E-state index in [0.29, 0.717) is 18.7 Å². The third kappa shape index (κ3) is 4.23. The van der Waals surface area contributed by atoms with E-state index in [4.69, 9.17) is 0 Å². The molecule has 1 aliphatic carbocycles.